The average Bonchev–Trinajstić information content (AvgIpc) is 2.15. The lowest BCUT2D eigenvalue weighted by atomic mass is 9.86. The molecule has 1 atom stereocenters. The number of aromatic nitrogens is 2. The molecule has 0 saturated heterocycles. The van der Waals surface area contributed by atoms with Crippen molar-refractivity contribution in [2.45, 2.75) is 19.0 Å². The number of ketones is 1. The van der Waals surface area contributed by atoms with Crippen LogP contribution in [0.2, 0.25) is 0 Å². The summed E-state index contributed by atoms with van der Waals surface area (Å²) >= 11 is 0. The Balaban J connectivity index is 2.39. The molecule has 2 N–H and O–H groups in total. The van der Waals surface area contributed by atoms with E-state index in [1.807, 2.05) is 0 Å². The lowest BCUT2D eigenvalue weighted by Gasteiger charge is -2.24. The molecule has 4 nitrogen and oxygen atoms in total. The monoisotopic (exact) mass is 231 g/mol. The number of hydrogen-bond donors (Lipinski definition) is 1. The number of nitrogen functional groups attached to an aromatic ring is 1. The molecule has 0 aromatic carbocycles. The van der Waals surface area contributed by atoms with E-state index in [1.165, 1.54) is 6.20 Å². The van der Waals surface area contributed by atoms with E-state index in [-0.39, 0.29) is 23.6 Å². The maximum absolute atomic E-state index is 12.5. The topological polar surface area (TPSA) is 68.9 Å². The SMILES string of the molecule is Nc1ncc2c(n1)C[C@H](C(F)(F)F)CC2=O. The molecule has 86 valence electrons. The van der Waals surface area contributed by atoms with Crippen LogP contribution in [0.25, 0.3) is 0 Å². The predicted molar refractivity (Wildman–Crippen MR) is 48.6 cm³/mol. The largest absolute Gasteiger partial charge is 0.392 e. The van der Waals surface area contributed by atoms with Gasteiger partial charge in [-0.25, -0.2) is 9.97 Å². The van der Waals surface area contributed by atoms with Gasteiger partial charge < -0.3 is 5.73 Å². The van der Waals surface area contributed by atoms with E-state index in [0.717, 1.165) is 0 Å². The van der Waals surface area contributed by atoms with Crippen molar-refractivity contribution in [1.82, 2.24) is 9.97 Å². The van der Waals surface area contributed by atoms with Crippen molar-refractivity contribution in [3.05, 3.63) is 17.5 Å². The quantitative estimate of drug-likeness (QED) is 0.732. The third-order valence-corrected chi connectivity index (χ3v) is 2.52. The van der Waals surface area contributed by atoms with E-state index in [0.29, 0.717) is 0 Å². The first-order valence-electron chi connectivity index (χ1n) is 4.59. The van der Waals surface area contributed by atoms with Crippen molar-refractivity contribution < 1.29 is 18.0 Å². The van der Waals surface area contributed by atoms with Crippen molar-refractivity contribution >= 4 is 11.7 Å². The standard InChI is InChI=1S/C9H8F3N3O/c10-9(11,12)4-1-6-5(7(16)2-4)3-14-8(13)15-6/h3-4H,1-2H2,(H2,13,14,15)/t4-/m0/s1. The molecule has 0 radical (unpaired) electrons. The average molecular weight is 231 g/mol. The number of anilines is 1. The first-order chi connectivity index (χ1) is 7.38. The minimum Gasteiger partial charge on any atom is -0.368 e. The van der Waals surface area contributed by atoms with Crippen LogP contribution in [-0.4, -0.2) is 21.9 Å². The summed E-state index contributed by atoms with van der Waals surface area (Å²) in [6.07, 6.45) is -4.04. The third-order valence-electron chi connectivity index (χ3n) is 2.52. The minimum atomic E-state index is -4.38. The third kappa shape index (κ3) is 1.84. The molecule has 2 rings (SSSR count). The first-order valence-corrected chi connectivity index (χ1v) is 4.59. The highest BCUT2D eigenvalue weighted by molar-refractivity contribution is 5.98. The van der Waals surface area contributed by atoms with Crippen LogP contribution in [0.5, 0.6) is 0 Å². The zero-order valence-corrected chi connectivity index (χ0v) is 8.08. The number of alkyl halides is 3. The molecule has 1 aromatic rings. The maximum Gasteiger partial charge on any atom is 0.392 e. The van der Waals surface area contributed by atoms with Gasteiger partial charge in [0, 0.05) is 19.0 Å². The van der Waals surface area contributed by atoms with Gasteiger partial charge in [-0.1, -0.05) is 0 Å². The van der Waals surface area contributed by atoms with Crippen LogP contribution in [-0.2, 0) is 6.42 Å². The molecule has 0 amide bonds. The maximum atomic E-state index is 12.5. The van der Waals surface area contributed by atoms with E-state index in [4.69, 9.17) is 5.73 Å². The molecule has 0 fully saturated rings. The highest BCUT2D eigenvalue weighted by Crippen LogP contribution is 2.36. The van der Waals surface area contributed by atoms with Crippen LogP contribution in [0.4, 0.5) is 19.1 Å². The number of rotatable bonds is 0. The Bertz CT molecular complexity index is 444. The van der Waals surface area contributed by atoms with Crippen LogP contribution < -0.4 is 5.73 Å². The molecule has 0 spiro atoms. The van der Waals surface area contributed by atoms with Crippen molar-refractivity contribution in [1.29, 1.82) is 0 Å². The van der Waals surface area contributed by atoms with E-state index in [1.54, 1.807) is 0 Å². The van der Waals surface area contributed by atoms with Crippen molar-refractivity contribution in [3.63, 3.8) is 0 Å². The number of nitrogens with zero attached hydrogens (tertiary/aromatic N) is 2. The molecular weight excluding hydrogens is 223 g/mol. The van der Waals surface area contributed by atoms with Gasteiger partial charge in [-0.15, -0.1) is 0 Å². The zero-order valence-electron chi connectivity index (χ0n) is 8.08. The summed E-state index contributed by atoms with van der Waals surface area (Å²) in [7, 11) is 0. The zero-order chi connectivity index (χ0) is 11.9. The fraction of sp³-hybridized carbons (Fsp3) is 0.444. The smallest absolute Gasteiger partial charge is 0.368 e. The van der Waals surface area contributed by atoms with Gasteiger partial charge in [-0.2, -0.15) is 13.2 Å². The lowest BCUT2D eigenvalue weighted by molar-refractivity contribution is -0.174. The van der Waals surface area contributed by atoms with Gasteiger partial charge in [-0.05, 0) is 0 Å². The second-order valence-electron chi connectivity index (χ2n) is 3.66. The minimum absolute atomic E-state index is 0.0890. The van der Waals surface area contributed by atoms with E-state index >= 15 is 0 Å². The van der Waals surface area contributed by atoms with Crippen molar-refractivity contribution in [3.8, 4) is 0 Å². The van der Waals surface area contributed by atoms with Gasteiger partial charge in [0.05, 0.1) is 17.2 Å². The number of Topliss-reactive ketones (excluding diaryl/α,β-unsaturated/α-hetero) is 1. The number of fused-ring (bicyclic) bond motifs is 1. The van der Waals surface area contributed by atoms with Gasteiger partial charge in [0.2, 0.25) is 5.95 Å². The number of nitrogens with two attached hydrogens (primary N) is 1. The molecule has 1 aliphatic rings. The number of halogens is 3. The van der Waals surface area contributed by atoms with Gasteiger partial charge in [0.1, 0.15) is 0 Å². The highest BCUT2D eigenvalue weighted by Gasteiger charge is 2.44. The highest BCUT2D eigenvalue weighted by atomic mass is 19.4. The Morgan fingerprint density at radius 2 is 2.06 bits per heavy atom. The van der Waals surface area contributed by atoms with Gasteiger partial charge in [0.15, 0.2) is 5.78 Å². The van der Waals surface area contributed by atoms with Gasteiger partial charge in [0.25, 0.3) is 0 Å². The fourth-order valence-electron chi connectivity index (χ4n) is 1.69. The molecule has 1 aromatic heterocycles. The molecule has 0 bridgehead atoms. The van der Waals surface area contributed by atoms with E-state index in [2.05, 4.69) is 9.97 Å². The van der Waals surface area contributed by atoms with Crippen LogP contribution in [0.15, 0.2) is 6.20 Å². The second kappa shape index (κ2) is 3.43. The first kappa shape index (κ1) is 10.8. The summed E-state index contributed by atoms with van der Waals surface area (Å²) < 4.78 is 37.4. The van der Waals surface area contributed by atoms with E-state index < -0.39 is 24.3 Å². The van der Waals surface area contributed by atoms with Crippen LogP contribution in [0.3, 0.4) is 0 Å². The predicted octanol–water partition coefficient (Wildman–Crippen LogP) is 1.37. The van der Waals surface area contributed by atoms with Crippen molar-refractivity contribution in [2.75, 3.05) is 5.73 Å². The molecule has 7 heteroatoms. The van der Waals surface area contributed by atoms with Crippen LogP contribution in [0, 0.1) is 5.92 Å². The lowest BCUT2D eigenvalue weighted by Crippen LogP contribution is -2.32. The number of carbonyl (C=O) groups excluding carboxylic acids is 1. The molecule has 0 unspecified atom stereocenters. The molecule has 16 heavy (non-hydrogen) atoms. The number of carbonyl (C=O) groups is 1. The normalized spacial score (nSPS) is 20.7. The van der Waals surface area contributed by atoms with Crippen LogP contribution in [0.1, 0.15) is 22.5 Å². The molecular formula is C9H8F3N3O. The Labute approximate surface area is 88.7 Å². The number of hydrogen-bond acceptors (Lipinski definition) is 4. The van der Waals surface area contributed by atoms with Gasteiger partial charge in [-0.3, -0.25) is 4.79 Å². The molecule has 1 heterocycles. The Morgan fingerprint density at radius 3 is 2.69 bits per heavy atom. The molecule has 0 aliphatic heterocycles. The summed E-state index contributed by atoms with van der Waals surface area (Å²) in [6.45, 7) is 0. The summed E-state index contributed by atoms with van der Waals surface area (Å²) in [4.78, 5) is 18.7. The van der Waals surface area contributed by atoms with Gasteiger partial charge >= 0.3 is 6.18 Å². The molecule has 0 saturated carbocycles. The second-order valence-corrected chi connectivity index (χ2v) is 3.66. The van der Waals surface area contributed by atoms with Crippen LogP contribution >= 0.6 is 0 Å². The summed E-state index contributed by atoms with van der Waals surface area (Å²) in [5, 5.41) is 0. The Hall–Kier alpha value is -1.66. The summed E-state index contributed by atoms with van der Waals surface area (Å²) in [5.74, 6) is -2.36. The molecule has 1 aliphatic carbocycles. The summed E-state index contributed by atoms with van der Waals surface area (Å²) in [5.41, 5.74) is 5.50. The van der Waals surface area contributed by atoms with E-state index in [9.17, 15) is 18.0 Å². The fourth-order valence-corrected chi connectivity index (χ4v) is 1.69. The Morgan fingerprint density at radius 1 is 1.38 bits per heavy atom. The van der Waals surface area contributed by atoms with Crippen molar-refractivity contribution in [2.24, 2.45) is 5.92 Å². The summed E-state index contributed by atoms with van der Waals surface area (Å²) in [6, 6.07) is 0. The Kier molecular flexibility index (Phi) is 2.32.